The normalized spacial score (nSPS) is 22.7. The van der Waals surface area contributed by atoms with E-state index in [0.717, 1.165) is 11.1 Å². The molecule has 1 atom stereocenters. The topological polar surface area (TPSA) is 169 Å². The van der Waals surface area contributed by atoms with Crippen molar-refractivity contribution in [2.75, 3.05) is 45.1 Å². The maximum Gasteiger partial charge on any atom is 0.410 e. The minimum atomic E-state index is -3.84. The number of carbonyl (C=O) groups is 3. The lowest BCUT2D eigenvalue weighted by molar-refractivity contribution is -0.141. The number of ether oxygens (including phenoxy) is 2. The number of hydrogen-bond donors (Lipinski definition) is 3. The van der Waals surface area contributed by atoms with Crippen molar-refractivity contribution in [1.82, 2.24) is 14.7 Å². The molecular weight excluding hydrogens is 516 g/mol. The van der Waals surface area contributed by atoms with E-state index in [4.69, 9.17) is 15.2 Å². The van der Waals surface area contributed by atoms with Crippen LogP contribution < -0.4 is 11.2 Å². The Morgan fingerprint density at radius 3 is 2.39 bits per heavy atom. The van der Waals surface area contributed by atoms with Crippen molar-refractivity contribution < 1.29 is 37.5 Å². The first-order chi connectivity index (χ1) is 18.0. The minimum Gasteiger partial charge on any atom is -0.444 e. The molecule has 0 aliphatic carbocycles. The van der Waals surface area contributed by atoms with Gasteiger partial charge in [-0.15, -0.1) is 0 Å². The highest BCUT2D eigenvalue weighted by Crippen LogP contribution is 2.37. The highest BCUT2D eigenvalue weighted by atomic mass is 32.2. The Bertz CT molecular complexity index is 1150. The van der Waals surface area contributed by atoms with Crippen LogP contribution in [-0.2, 0) is 24.3 Å². The summed E-state index contributed by atoms with van der Waals surface area (Å²) in [4.78, 5) is 38.1. The summed E-state index contributed by atoms with van der Waals surface area (Å²) in [7, 11) is -3.84. The zero-order valence-corrected chi connectivity index (χ0v) is 22.4. The second-order valence-corrected chi connectivity index (χ2v) is 12.4. The van der Waals surface area contributed by atoms with Gasteiger partial charge in [0.2, 0.25) is 15.9 Å². The third kappa shape index (κ3) is 6.11. The van der Waals surface area contributed by atoms with E-state index < -0.39 is 39.1 Å². The number of carbonyl (C=O) groups excluding carboxylic acids is 3. The maximum atomic E-state index is 13.4. The van der Waals surface area contributed by atoms with Gasteiger partial charge in [-0.1, -0.05) is 6.07 Å². The Balaban J connectivity index is 1.38. The average Bonchev–Trinajstić information content (AvgIpc) is 3.41. The molecule has 1 aromatic carbocycles. The first kappa shape index (κ1) is 28.3. The van der Waals surface area contributed by atoms with Gasteiger partial charge in [-0.2, -0.15) is 0 Å². The molecule has 3 fully saturated rings. The molecule has 0 radical (unpaired) electrons. The van der Waals surface area contributed by atoms with Gasteiger partial charge in [0.25, 0.3) is 5.91 Å². The maximum absolute atomic E-state index is 13.4. The smallest absolute Gasteiger partial charge is 0.410 e. The summed E-state index contributed by atoms with van der Waals surface area (Å²) in [5.74, 6) is -1.58. The predicted molar refractivity (Wildman–Crippen MR) is 136 cm³/mol. The Labute approximate surface area is 222 Å². The van der Waals surface area contributed by atoms with Gasteiger partial charge in [-0.25, -0.2) is 23.0 Å². The number of nitrogens with zero attached hydrogens (tertiary/aromatic N) is 2. The van der Waals surface area contributed by atoms with E-state index in [1.807, 2.05) is 13.0 Å². The number of hydrogen-bond acceptors (Lipinski definition) is 8. The van der Waals surface area contributed by atoms with Crippen molar-refractivity contribution >= 4 is 27.9 Å². The summed E-state index contributed by atoms with van der Waals surface area (Å²) in [6, 6.07) is 5.32. The number of benzene rings is 1. The van der Waals surface area contributed by atoms with Gasteiger partial charge in [-0.05, 0) is 61.8 Å². The number of primary amides is 1. The molecule has 3 amide bonds. The van der Waals surface area contributed by atoms with Crippen LogP contribution in [0.5, 0.6) is 0 Å². The number of likely N-dealkylation sites (tertiary alicyclic amines) is 1. The van der Waals surface area contributed by atoms with Gasteiger partial charge < -0.3 is 20.1 Å². The molecule has 12 nitrogen and oxygen atoms in total. The number of amides is 3. The number of hydroxylamine groups is 1. The lowest BCUT2D eigenvalue weighted by atomic mass is 9.79. The lowest BCUT2D eigenvalue weighted by Gasteiger charge is -2.41. The van der Waals surface area contributed by atoms with E-state index in [0.29, 0.717) is 51.1 Å². The van der Waals surface area contributed by atoms with Gasteiger partial charge in [0.15, 0.2) is 0 Å². The fourth-order valence-electron chi connectivity index (χ4n) is 5.67. The number of sulfonamides is 1. The molecule has 38 heavy (non-hydrogen) atoms. The number of aryl methyl sites for hydroxylation is 1. The summed E-state index contributed by atoms with van der Waals surface area (Å²) < 4.78 is 39.0. The van der Waals surface area contributed by atoms with Crippen LogP contribution in [0.3, 0.4) is 0 Å². The molecule has 0 unspecified atom stereocenters. The van der Waals surface area contributed by atoms with Crippen molar-refractivity contribution in [3.63, 3.8) is 0 Å². The summed E-state index contributed by atoms with van der Waals surface area (Å²) >= 11 is 0. The van der Waals surface area contributed by atoms with Gasteiger partial charge in [-0.3, -0.25) is 14.8 Å². The quantitative estimate of drug-likeness (QED) is 0.334. The fraction of sp³-hybridized carbons (Fsp3) is 0.640. The molecule has 4 N–H and O–H groups in total. The highest BCUT2D eigenvalue weighted by molar-refractivity contribution is 7.89. The number of nitrogens with one attached hydrogen (secondary N) is 1. The first-order valence-electron chi connectivity index (χ1n) is 12.9. The van der Waals surface area contributed by atoms with Crippen LogP contribution in [-0.4, -0.2) is 92.0 Å². The third-order valence-corrected chi connectivity index (χ3v) is 10.1. The molecule has 3 aliphatic rings. The van der Waals surface area contributed by atoms with Crippen molar-refractivity contribution in [3.8, 4) is 0 Å². The second kappa shape index (κ2) is 11.6. The van der Waals surface area contributed by atoms with Crippen LogP contribution in [0.25, 0.3) is 0 Å². The zero-order chi connectivity index (χ0) is 27.5. The molecule has 0 bridgehead atoms. The number of rotatable bonds is 7. The van der Waals surface area contributed by atoms with Crippen molar-refractivity contribution in [2.45, 2.75) is 51.0 Å². The van der Waals surface area contributed by atoms with E-state index in [-0.39, 0.29) is 38.0 Å². The molecule has 3 heterocycles. The summed E-state index contributed by atoms with van der Waals surface area (Å²) in [5.41, 5.74) is 8.08. The van der Waals surface area contributed by atoms with E-state index in [2.05, 4.69) is 0 Å². The zero-order valence-electron chi connectivity index (χ0n) is 21.6. The van der Waals surface area contributed by atoms with E-state index in [1.54, 1.807) is 17.6 Å². The van der Waals surface area contributed by atoms with E-state index >= 15 is 0 Å². The van der Waals surface area contributed by atoms with Crippen LogP contribution in [0.15, 0.2) is 18.2 Å². The largest absolute Gasteiger partial charge is 0.444 e. The molecule has 210 valence electrons. The SMILES string of the molecule is Cc1cc(C(N)=O)ccc1C1CCN(S(=O)(=O)CC2(C(=O)NO)CCN(C(=O)O[C@H]3CCOC3)CC2)CC1. The van der Waals surface area contributed by atoms with Gasteiger partial charge >= 0.3 is 6.09 Å². The standard InChI is InChI=1S/C25H36N4O8S/c1-17-14-19(22(26)30)2-3-21(17)18-4-9-29(10-5-18)38(34,35)16-25(23(31)27-33)7-11-28(12-8-25)24(32)37-20-6-13-36-15-20/h2-3,14,18,20,33H,4-13,15-16H2,1H3,(H2,26,30)(H,27,31)/t20-/m0/s1. The second-order valence-electron chi connectivity index (χ2n) is 10.4. The third-order valence-electron chi connectivity index (χ3n) is 8.02. The summed E-state index contributed by atoms with van der Waals surface area (Å²) in [5, 5.41) is 9.41. The van der Waals surface area contributed by atoms with Gasteiger partial charge in [0.1, 0.15) is 6.10 Å². The summed E-state index contributed by atoms with van der Waals surface area (Å²) in [6.45, 7) is 3.66. The molecule has 1 aromatic rings. The van der Waals surface area contributed by atoms with E-state index in [9.17, 15) is 28.0 Å². The van der Waals surface area contributed by atoms with Crippen molar-refractivity contribution in [2.24, 2.45) is 11.1 Å². The molecule has 13 heteroatoms. The highest BCUT2D eigenvalue weighted by Gasteiger charge is 2.47. The van der Waals surface area contributed by atoms with E-state index in [1.165, 1.54) is 9.21 Å². The van der Waals surface area contributed by atoms with Crippen molar-refractivity contribution in [1.29, 1.82) is 0 Å². The van der Waals surface area contributed by atoms with Crippen LogP contribution in [0, 0.1) is 12.3 Å². The van der Waals surface area contributed by atoms with Crippen molar-refractivity contribution in [3.05, 3.63) is 34.9 Å². The molecule has 3 saturated heterocycles. The Morgan fingerprint density at radius 2 is 1.84 bits per heavy atom. The Hall–Kier alpha value is -2.74. The lowest BCUT2D eigenvalue weighted by Crippen LogP contribution is -2.55. The predicted octanol–water partition coefficient (Wildman–Crippen LogP) is 1.12. The molecule has 0 spiro atoms. The minimum absolute atomic E-state index is 0.0801. The van der Waals surface area contributed by atoms with Crippen LogP contribution in [0.1, 0.15) is 59.5 Å². The first-order valence-corrected chi connectivity index (χ1v) is 14.5. The van der Waals surface area contributed by atoms with Crippen LogP contribution in [0.2, 0.25) is 0 Å². The molecular formula is C25H36N4O8S. The average molecular weight is 553 g/mol. The van der Waals surface area contributed by atoms with Gasteiger partial charge in [0.05, 0.1) is 24.4 Å². The molecule has 4 rings (SSSR count). The fourth-order valence-corrected chi connectivity index (χ4v) is 7.74. The Morgan fingerprint density at radius 1 is 1.16 bits per heavy atom. The number of piperidine rings is 2. The number of nitrogens with two attached hydrogens (primary N) is 1. The van der Waals surface area contributed by atoms with Crippen LogP contribution >= 0.6 is 0 Å². The summed E-state index contributed by atoms with van der Waals surface area (Å²) in [6.07, 6.45) is 1.17. The Kier molecular flexibility index (Phi) is 8.60. The van der Waals surface area contributed by atoms with Crippen LogP contribution in [0.4, 0.5) is 4.79 Å². The molecule has 3 aliphatic heterocycles. The molecule has 0 aromatic heterocycles. The molecule has 0 saturated carbocycles. The van der Waals surface area contributed by atoms with Gasteiger partial charge in [0, 0.05) is 38.2 Å². The monoisotopic (exact) mass is 552 g/mol.